The van der Waals surface area contributed by atoms with E-state index in [2.05, 4.69) is 69.3 Å². The quantitative estimate of drug-likeness (QED) is 0.826. The van der Waals surface area contributed by atoms with Gasteiger partial charge in [-0.15, -0.1) is 0 Å². The number of hydrogen-bond donors (Lipinski definition) is 0. The Balaban J connectivity index is 1.25. The van der Waals surface area contributed by atoms with Crippen LogP contribution in [0.1, 0.15) is 24.0 Å². The number of nitrogens with zero attached hydrogens (tertiary/aromatic N) is 3. The summed E-state index contributed by atoms with van der Waals surface area (Å²) in [6.07, 6.45) is 2.68. The molecule has 4 rings (SSSR count). The van der Waals surface area contributed by atoms with Crippen molar-refractivity contribution in [1.82, 2.24) is 9.80 Å². The second-order valence-corrected chi connectivity index (χ2v) is 7.40. The molecule has 0 radical (unpaired) electrons. The van der Waals surface area contributed by atoms with Crippen LogP contribution in [0.25, 0.3) is 0 Å². The van der Waals surface area contributed by atoms with Crippen molar-refractivity contribution in [3.05, 3.63) is 65.7 Å². The fourth-order valence-electron chi connectivity index (χ4n) is 3.99. The number of rotatable bonds is 5. The summed E-state index contributed by atoms with van der Waals surface area (Å²) in [6, 6.07) is 20.1. The van der Waals surface area contributed by atoms with E-state index in [9.17, 15) is 0 Å². The maximum atomic E-state index is 2.59. The van der Waals surface area contributed by atoms with Gasteiger partial charge in [-0.2, -0.15) is 0 Å². The van der Waals surface area contributed by atoms with Crippen molar-refractivity contribution in [2.75, 3.05) is 44.2 Å². The molecule has 0 aromatic heterocycles. The van der Waals surface area contributed by atoms with Crippen molar-refractivity contribution in [2.45, 2.75) is 25.9 Å². The van der Waals surface area contributed by atoms with Crippen LogP contribution in [0.15, 0.2) is 54.6 Å². The fourth-order valence-corrected chi connectivity index (χ4v) is 3.99. The van der Waals surface area contributed by atoms with Gasteiger partial charge >= 0.3 is 0 Å². The molecule has 2 saturated heterocycles. The molecule has 2 aliphatic heterocycles. The lowest BCUT2D eigenvalue weighted by molar-refractivity contribution is 0.122. The van der Waals surface area contributed by atoms with Crippen LogP contribution in [0.5, 0.6) is 0 Å². The van der Waals surface area contributed by atoms with E-state index >= 15 is 0 Å². The van der Waals surface area contributed by atoms with Crippen LogP contribution in [0.2, 0.25) is 0 Å². The predicted molar refractivity (Wildman–Crippen MR) is 105 cm³/mol. The molecular weight excluding hydrogens is 306 g/mol. The first-order valence-electron chi connectivity index (χ1n) is 9.69. The Hall–Kier alpha value is -1.84. The van der Waals surface area contributed by atoms with Crippen LogP contribution in [0.3, 0.4) is 0 Å². The minimum absolute atomic E-state index is 1.08. The van der Waals surface area contributed by atoms with Crippen LogP contribution in [-0.2, 0) is 13.1 Å². The molecule has 0 bridgehead atoms. The third-order valence-corrected chi connectivity index (χ3v) is 5.53. The number of anilines is 1. The highest BCUT2D eigenvalue weighted by Gasteiger charge is 2.17. The molecule has 0 amide bonds. The monoisotopic (exact) mass is 335 g/mol. The Labute approximate surface area is 151 Å². The minimum atomic E-state index is 1.08. The predicted octanol–water partition coefficient (Wildman–Crippen LogP) is 3.60. The molecule has 2 heterocycles. The number of hydrogen-bond acceptors (Lipinski definition) is 3. The van der Waals surface area contributed by atoms with Gasteiger partial charge in [0.25, 0.3) is 0 Å². The van der Waals surface area contributed by atoms with Crippen molar-refractivity contribution < 1.29 is 0 Å². The van der Waals surface area contributed by atoms with Gasteiger partial charge in [-0.1, -0.05) is 42.5 Å². The molecule has 2 aromatic rings. The molecule has 0 atom stereocenters. The zero-order chi connectivity index (χ0) is 16.9. The zero-order valence-electron chi connectivity index (χ0n) is 15.1. The van der Waals surface area contributed by atoms with E-state index in [4.69, 9.17) is 0 Å². The lowest BCUT2D eigenvalue weighted by Crippen LogP contribution is -2.45. The summed E-state index contributed by atoms with van der Waals surface area (Å²) in [4.78, 5) is 7.67. The maximum absolute atomic E-state index is 2.59. The SMILES string of the molecule is c1ccc(CN2CCN(Cc3ccc(N4CCCC4)cc3)CC2)cc1. The summed E-state index contributed by atoms with van der Waals surface area (Å²) < 4.78 is 0. The largest absolute Gasteiger partial charge is 0.372 e. The van der Waals surface area contributed by atoms with Crippen LogP contribution >= 0.6 is 0 Å². The van der Waals surface area contributed by atoms with Crippen LogP contribution in [0, 0.1) is 0 Å². The number of benzene rings is 2. The first-order chi connectivity index (χ1) is 12.4. The molecule has 25 heavy (non-hydrogen) atoms. The fraction of sp³-hybridized carbons (Fsp3) is 0.455. The lowest BCUT2D eigenvalue weighted by atomic mass is 10.1. The van der Waals surface area contributed by atoms with Crippen molar-refractivity contribution in [2.24, 2.45) is 0 Å². The summed E-state index contributed by atoms with van der Waals surface area (Å²) >= 11 is 0. The molecule has 0 N–H and O–H groups in total. The molecule has 2 aromatic carbocycles. The van der Waals surface area contributed by atoms with Crippen LogP contribution in [-0.4, -0.2) is 49.1 Å². The average Bonchev–Trinajstić information content (AvgIpc) is 3.20. The van der Waals surface area contributed by atoms with Gasteiger partial charge in [0.2, 0.25) is 0 Å². The molecule has 2 aliphatic rings. The van der Waals surface area contributed by atoms with E-state index in [1.807, 2.05) is 0 Å². The minimum Gasteiger partial charge on any atom is -0.372 e. The summed E-state index contributed by atoms with van der Waals surface area (Å²) in [5, 5.41) is 0. The Morgan fingerprint density at radius 1 is 0.560 bits per heavy atom. The molecule has 2 fully saturated rings. The topological polar surface area (TPSA) is 9.72 Å². The van der Waals surface area contributed by atoms with Gasteiger partial charge in [0.1, 0.15) is 0 Å². The van der Waals surface area contributed by atoms with E-state index in [0.717, 1.165) is 13.1 Å². The second-order valence-electron chi connectivity index (χ2n) is 7.40. The highest BCUT2D eigenvalue weighted by molar-refractivity contribution is 5.48. The van der Waals surface area contributed by atoms with Crippen molar-refractivity contribution in [3.8, 4) is 0 Å². The molecular formula is C22H29N3. The summed E-state index contributed by atoms with van der Waals surface area (Å²) in [5.41, 5.74) is 4.27. The molecule has 0 spiro atoms. The Kier molecular flexibility index (Phi) is 5.34. The molecule has 0 aliphatic carbocycles. The van der Waals surface area contributed by atoms with Gasteiger partial charge in [0.15, 0.2) is 0 Å². The Morgan fingerprint density at radius 3 is 1.64 bits per heavy atom. The molecule has 132 valence electrons. The van der Waals surface area contributed by atoms with E-state index in [-0.39, 0.29) is 0 Å². The highest BCUT2D eigenvalue weighted by Crippen LogP contribution is 2.21. The Bertz CT molecular complexity index is 639. The average molecular weight is 335 g/mol. The second kappa shape index (κ2) is 8.03. The van der Waals surface area contributed by atoms with Crippen LogP contribution in [0.4, 0.5) is 5.69 Å². The van der Waals surface area contributed by atoms with Gasteiger partial charge in [-0.05, 0) is 36.1 Å². The highest BCUT2D eigenvalue weighted by atomic mass is 15.3. The zero-order valence-corrected chi connectivity index (χ0v) is 15.1. The van der Waals surface area contributed by atoms with Gasteiger partial charge in [-0.3, -0.25) is 9.80 Å². The van der Waals surface area contributed by atoms with Gasteiger partial charge in [0.05, 0.1) is 0 Å². The maximum Gasteiger partial charge on any atom is 0.0366 e. The van der Waals surface area contributed by atoms with Gasteiger partial charge in [-0.25, -0.2) is 0 Å². The van der Waals surface area contributed by atoms with Crippen molar-refractivity contribution in [3.63, 3.8) is 0 Å². The summed E-state index contributed by atoms with van der Waals surface area (Å²) in [7, 11) is 0. The van der Waals surface area contributed by atoms with E-state index in [1.54, 1.807) is 0 Å². The molecule has 3 nitrogen and oxygen atoms in total. The lowest BCUT2D eigenvalue weighted by Gasteiger charge is -2.34. The van der Waals surface area contributed by atoms with Gasteiger partial charge < -0.3 is 4.90 Å². The Morgan fingerprint density at radius 2 is 1.08 bits per heavy atom. The standard InChI is InChI=1S/C22H29N3/c1-2-6-20(7-3-1)18-23-14-16-24(17-15-23)19-21-8-10-22(11-9-21)25-12-4-5-13-25/h1-3,6-11H,4-5,12-19H2. The smallest absolute Gasteiger partial charge is 0.0366 e. The molecule has 0 saturated carbocycles. The van der Waals surface area contributed by atoms with Crippen LogP contribution < -0.4 is 4.90 Å². The molecule has 0 unspecified atom stereocenters. The van der Waals surface area contributed by atoms with Gasteiger partial charge in [0, 0.05) is 58.0 Å². The number of piperazine rings is 1. The normalized spacial score (nSPS) is 19.4. The first-order valence-corrected chi connectivity index (χ1v) is 9.69. The summed E-state index contributed by atoms with van der Waals surface area (Å²) in [5.74, 6) is 0. The first kappa shape index (κ1) is 16.6. The van der Waals surface area contributed by atoms with E-state index < -0.39 is 0 Å². The van der Waals surface area contributed by atoms with Crippen molar-refractivity contribution >= 4 is 5.69 Å². The van der Waals surface area contributed by atoms with E-state index in [0.29, 0.717) is 0 Å². The third-order valence-electron chi connectivity index (χ3n) is 5.53. The van der Waals surface area contributed by atoms with E-state index in [1.165, 1.54) is 68.9 Å². The third kappa shape index (κ3) is 4.42. The molecule has 3 heteroatoms. The van der Waals surface area contributed by atoms with Crippen molar-refractivity contribution in [1.29, 1.82) is 0 Å². The summed E-state index contributed by atoms with van der Waals surface area (Å²) in [6.45, 7) is 9.28.